The molecule has 0 unspecified atom stereocenters. The topological polar surface area (TPSA) is 89.7 Å². The van der Waals surface area contributed by atoms with Crippen LogP contribution < -0.4 is 0 Å². The van der Waals surface area contributed by atoms with Gasteiger partial charge in [0.15, 0.2) is 0 Å². The lowest BCUT2D eigenvalue weighted by molar-refractivity contribution is -0.757. The van der Waals surface area contributed by atoms with Crippen molar-refractivity contribution in [3.8, 4) is 0 Å². The fraction of sp³-hybridized carbons (Fsp3) is 0.833. The Kier molecular flexibility index (Phi) is 5.68. The minimum absolute atomic E-state index is 0.0482. The molecule has 6 heteroatoms. The summed E-state index contributed by atoms with van der Waals surface area (Å²) in [7, 11) is 0. The van der Waals surface area contributed by atoms with E-state index >= 15 is 0 Å². The number of hydrogen-bond donors (Lipinski definition) is 1. The molecule has 12 heavy (non-hydrogen) atoms. The predicted molar refractivity (Wildman–Crippen MR) is 39.1 cm³/mol. The normalized spacial score (nSPS) is 9.33. The average molecular weight is 177 g/mol. The summed E-state index contributed by atoms with van der Waals surface area (Å²) in [5.74, 6) is -0.842. The molecule has 6 nitrogen and oxygen atoms in total. The summed E-state index contributed by atoms with van der Waals surface area (Å²) < 4.78 is 0. The number of unbranched alkanes of at least 4 members (excludes halogenated alkanes) is 2. The van der Waals surface area contributed by atoms with E-state index in [4.69, 9.17) is 5.11 Å². The van der Waals surface area contributed by atoms with Crippen LogP contribution in [0.15, 0.2) is 0 Å². The average Bonchev–Trinajstić information content (AvgIpc) is 1.95. The maximum atomic E-state index is 10.0. The Morgan fingerprint density at radius 1 is 1.42 bits per heavy atom. The molecule has 0 amide bonds. The lowest BCUT2D eigenvalue weighted by Gasteiger charge is -1.97. The number of rotatable bonds is 7. The van der Waals surface area contributed by atoms with Gasteiger partial charge in [-0.3, -0.25) is 4.79 Å². The largest absolute Gasteiger partial charge is 0.481 e. The van der Waals surface area contributed by atoms with Crippen molar-refractivity contribution in [1.29, 1.82) is 0 Å². The SMILES string of the molecule is O=C(O)CCCCCO[N+](=O)[O-]. The number of carboxylic acids is 1. The van der Waals surface area contributed by atoms with Crippen molar-refractivity contribution in [3.05, 3.63) is 10.1 Å². The van der Waals surface area contributed by atoms with Crippen molar-refractivity contribution in [2.45, 2.75) is 25.7 Å². The first-order chi connectivity index (χ1) is 5.63. The van der Waals surface area contributed by atoms with Gasteiger partial charge in [0.1, 0.15) is 0 Å². The third kappa shape index (κ3) is 8.67. The van der Waals surface area contributed by atoms with Crippen LogP contribution in [0.5, 0.6) is 0 Å². The van der Waals surface area contributed by atoms with Crippen LogP contribution in [0.4, 0.5) is 0 Å². The van der Waals surface area contributed by atoms with E-state index in [1.165, 1.54) is 0 Å². The molecule has 0 fully saturated rings. The van der Waals surface area contributed by atoms with Crippen molar-refractivity contribution < 1.29 is 19.8 Å². The second kappa shape index (κ2) is 6.38. The van der Waals surface area contributed by atoms with Gasteiger partial charge in [0, 0.05) is 6.42 Å². The molecular weight excluding hydrogens is 166 g/mol. The Bertz CT molecular complexity index is 140. The predicted octanol–water partition coefficient (Wildman–Crippen LogP) is 0.840. The third-order valence-electron chi connectivity index (χ3n) is 1.23. The zero-order valence-corrected chi connectivity index (χ0v) is 6.56. The van der Waals surface area contributed by atoms with Gasteiger partial charge in [-0.15, -0.1) is 10.1 Å². The molecule has 0 atom stereocenters. The summed E-state index contributed by atoms with van der Waals surface area (Å²) in [6.45, 7) is 0.0482. The molecule has 0 saturated carbocycles. The number of hydrogen-bond acceptors (Lipinski definition) is 4. The van der Waals surface area contributed by atoms with Gasteiger partial charge in [-0.05, 0) is 12.8 Å². The highest BCUT2D eigenvalue weighted by atomic mass is 16.9. The van der Waals surface area contributed by atoms with Gasteiger partial charge in [0.2, 0.25) is 0 Å². The molecule has 0 aliphatic rings. The van der Waals surface area contributed by atoms with Crippen molar-refractivity contribution in [2.24, 2.45) is 0 Å². The summed E-state index contributed by atoms with van der Waals surface area (Å²) in [6.07, 6.45) is 1.81. The molecule has 0 radical (unpaired) electrons. The van der Waals surface area contributed by atoms with Crippen LogP contribution in [-0.4, -0.2) is 22.8 Å². The van der Waals surface area contributed by atoms with Crippen LogP contribution >= 0.6 is 0 Å². The van der Waals surface area contributed by atoms with E-state index in [9.17, 15) is 14.9 Å². The first kappa shape index (κ1) is 10.7. The highest BCUT2D eigenvalue weighted by Crippen LogP contribution is 1.99. The smallest absolute Gasteiger partial charge is 0.303 e. The van der Waals surface area contributed by atoms with Crippen LogP contribution in [0.25, 0.3) is 0 Å². The van der Waals surface area contributed by atoms with E-state index in [1.807, 2.05) is 0 Å². The highest BCUT2D eigenvalue weighted by Gasteiger charge is 1.97. The van der Waals surface area contributed by atoms with Crippen molar-refractivity contribution in [2.75, 3.05) is 6.61 Å². The van der Waals surface area contributed by atoms with Gasteiger partial charge in [0.05, 0.1) is 6.61 Å². The molecule has 70 valence electrons. The second-order valence-corrected chi connectivity index (χ2v) is 2.26. The van der Waals surface area contributed by atoms with Crippen molar-refractivity contribution in [1.82, 2.24) is 0 Å². The molecule has 0 heterocycles. The molecule has 1 N–H and O–H groups in total. The molecule has 0 rings (SSSR count). The molecular formula is C6H11NO5. The van der Waals surface area contributed by atoms with Gasteiger partial charge in [-0.1, -0.05) is 6.42 Å². The van der Waals surface area contributed by atoms with E-state index in [0.717, 1.165) is 0 Å². The second-order valence-electron chi connectivity index (χ2n) is 2.26. The molecule has 0 bridgehead atoms. The van der Waals surface area contributed by atoms with Gasteiger partial charge in [-0.2, -0.15) is 0 Å². The van der Waals surface area contributed by atoms with Crippen LogP contribution in [0.3, 0.4) is 0 Å². The molecule has 0 aromatic rings. The molecule has 0 aliphatic carbocycles. The first-order valence-corrected chi connectivity index (χ1v) is 3.62. The van der Waals surface area contributed by atoms with Crippen molar-refractivity contribution >= 4 is 5.97 Å². The van der Waals surface area contributed by atoms with Crippen LogP contribution in [0.2, 0.25) is 0 Å². The van der Waals surface area contributed by atoms with Gasteiger partial charge in [-0.25, -0.2) is 0 Å². The zero-order chi connectivity index (χ0) is 9.40. The maximum absolute atomic E-state index is 10.0. The fourth-order valence-corrected chi connectivity index (χ4v) is 0.694. The van der Waals surface area contributed by atoms with E-state index in [0.29, 0.717) is 19.3 Å². The standard InChI is InChI=1S/C6H11NO5/c8-6(9)4-2-1-3-5-12-7(10)11/h1-5H2,(H,8,9). The minimum atomic E-state index is -0.850. The quantitative estimate of drug-likeness (QED) is 0.353. The van der Waals surface area contributed by atoms with E-state index in [2.05, 4.69) is 4.84 Å². The summed E-state index contributed by atoms with van der Waals surface area (Å²) in [4.78, 5) is 23.7. The van der Waals surface area contributed by atoms with Gasteiger partial charge < -0.3 is 9.94 Å². The Morgan fingerprint density at radius 2 is 2.08 bits per heavy atom. The molecule has 0 aromatic heterocycles. The Labute approximate surface area is 69.2 Å². The number of carboxylic acid groups (broad SMARTS) is 1. The van der Waals surface area contributed by atoms with Crippen LogP contribution in [-0.2, 0) is 9.63 Å². The molecule has 0 spiro atoms. The Hall–Kier alpha value is -1.33. The van der Waals surface area contributed by atoms with E-state index in [1.54, 1.807) is 0 Å². The monoisotopic (exact) mass is 177 g/mol. The number of aliphatic carboxylic acids is 1. The highest BCUT2D eigenvalue weighted by molar-refractivity contribution is 5.66. The number of carbonyl (C=O) groups is 1. The van der Waals surface area contributed by atoms with E-state index in [-0.39, 0.29) is 13.0 Å². The molecule has 0 saturated heterocycles. The maximum Gasteiger partial charge on any atom is 0.303 e. The minimum Gasteiger partial charge on any atom is -0.481 e. The Morgan fingerprint density at radius 3 is 2.58 bits per heavy atom. The summed E-state index contributed by atoms with van der Waals surface area (Å²) in [6, 6.07) is 0. The van der Waals surface area contributed by atoms with Gasteiger partial charge in [0.25, 0.3) is 5.09 Å². The lowest BCUT2D eigenvalue weighted by Crippen LogP contribution is -2.02. The summed E-state index contributed by atoms with van der Waals surface area (Å²) in [5, 5.41) is 17.0. The number of nitrogens with zero attached hydrogens (tertiary/aromatic N) is 1. The van der Waals surface area contributed by atoms with Crippen LogP contribution in [0.1, 0.15) is 25.7 Å². The summed E-state index contributed by atoms with van der Waals surface area (Å²) >= 11 is 0. The fourth-order valence-electron chi connectivity index (χ4n) is 0.694. The third-order valence-corrected chi connectivity index (χ3v) is 1.23. The van der Waals surface area contributed by atoms with Crippen molar-refractivity contribution in [3.63, 3.8) is 0 Å². The lowest BCUT2D eigenvalue weighted by atomic mass is 10.2. The van der Waals surface area contributed by atoms with Crippen LogP contribution in [0, 0.1) is 10.1 Å². The Balaban J connectivity index is 3.01. The first-order valence-electron chi connectivity index (χ1n) is 3.62. The molecule has 0 aliphatic heterocycles. The van der Waals surface area contributed by atoms with Gasteiger partial charge >= 0.3 is 5.97 Å². The molecule has 0 aromatic carbocycles. The van der Waals surface area contributed by atoms with E-state index < -0.39 is 11.1 Å². The summed E-state index contributed by atoms with van der Waals surface area (Å²) in [5.41, 5.74) is 0. The zero-order valence-electron chi connectivity index (χ0n) is 6.56.